The summed E-state index contributed by atoms with van der Waals surface area (Å²) in [5.41, 5.74) is 1.08. The molecule has 0 saturated heterocycles. The van der Waals surface area contributed by atoms with Crippen LogP contribution in [0.2, 0.25) is 0 Å². The molecule has 1 aromatic carbocycles. The molecule has 3 rings (SSSR count). The minimum atomic E-state index is -0.779. The molecule has 2 heterocycles. The van der Waals surface area contributed by atoms with E-state index < -0.39 is 23.7 Å². The Bertz CT molecular complexity index is 1000. The second-order valence-electron chi connectivity index (χ2n) is 6.55. The fourth-order valence-corrected chi connectivity index (χ4v) is 3.35. The molecule has 0 aliphatic rings. The number of halogens is 1. The first-order valence-corrected chi connectivity index (χ1v) is 9.71. The van der Waals surface area contributed by atoms with Gasteiger partial charge in [0, 0.05) is 10.9 Å². The van der Waals surface area contributed by atoms with Crippen LogP contribution in [0.15, 0.2) is 46.4 Å². The fraction of sp³-hybridized carbons (Fsp3) is 0.250. The van der Waals surface area contributed by atoms with Crippen LogP contribution in [-0.2, 0) is 4.79 Å². The van der Waals surface area contributed by atoms with Crippen LogP contribution in [0.1, 0.15) is 24.4 Å². The number of benzene rings is 1. The Balaban J connectivity index is 1.70. The summed E-state index contributed by atoms with van der Waals surface area (Å²) in [6, 6.07) is 6.85. The first-order valence-electron chi connectivity index (χ1n) is 8.83. The van der Waals surface area contributed by atoms with Crippen molar-refractivity contribution in [3.63, 3.8) is 0 Å². The van der Waals surface area contributed by atoms with Gasteiger partial charge < -0.3 is 19.8 Å². The second-order valence-corrected chi connectivity index (χ2v) is 7.41. The van der Waals surface area contributed by atoms with Gasteiger partial charge in [0.1, 0.15) is 6.04 Å². The topological polar surface area (TPSA) is 93.5 Å². The van der Waals surface area contributed by atoms with Crippen LogP contribution in [0.25, 0.3) is 11.3 Å². The van der Waals surface area contributed by atoms with Crippen molar-refractivity contribution in [3.8, 4) is 17.0 Å². The summed E-state index contributed by atoms with van der Waals surface area (Å²) in [4.78, 5) is 29.2. The number of aromatic nitrogens is 1. The molecule has 152 valence electrons. The number of nitrogens with zero attached hydrogens (tertiary/aromatic N) is 1. The predicted octanol–water partition coefficient (Wildman–Crippen LogP) is 3.94. The van der Waals surface area contributed by atoms with Gasteiger partial charge in [0.2, 0.25) is 5.91 Å². The van der Waals surface area contributed by atoms with Gasteiger partial charge in [-0.05, 0) is 36.2 Å². The molecule has 0 bridgehead atoms. The average Bonchev–Trinajstić information content (AvgIpc) is 3.37. The Morgan fingerprint density at radius 1 is 1.28 bits per heavy atom. The predicted molar refractivity (Wildman–Crippen MR) is 107 cm³/mol. The minimum Gasteiger partial charge on any atom is -0.494 e. The molecule has 7 nitrogen and oxygen atoms in total. The number of methoxy groups -OCH3 is 1. The first kappa shape index (κ1) is 20.5. The quantitative estimate of drug-likeness (QED) is 0.607. The van der Waals surface area contributed by atoms with Gasteiger partial charge in [-0.25, -0.2) is 9.37 Å². The molecule has 0 spiro atoms. The van der Waals surface area contributed by atoms with Gasteiger partial charge in [-0.15, -0.1) is 11.3 Å². The standard InChI is InChI=1S/C20H20FN3O4S/c1-11(2)17(23-18(25)16-5-4-8-28-16)19(26)24-20-22-14(10-29-20)12-6-7-15(27-3)13(21)9-12/h4-11,17H,1-3H3,(H,23,25)(H,22,24,26). The number of hydrogen-bond donors (Lipinski definition) is 2. The van der Waals surface area contributed by atoms with Crippen LogP contribution in [0.4, 0.5) is 9.52 Å². The van der Waals surface area contributed by atoms with Gasteiger partial charge in [0.25, 0.3) is 5.91 Å². The number of carbonyl (C=O) groups is 2. The highest BCUT2D eigenvalue weighted by molar-refractivity contribution is 7.14. The van der Waals surface area contributed by atoms with Gasteiger partial charge in [0.05, 0.1) is 19.1 Å². The molecule has 2 aromatic heterocycles. The normalized spacial score (nSPS) is 11.9. The molecule has 0 aliphatic carbocycles. The molecular formula is C20H20FN3O4S. The molecule has 2 N–H and O–H groups in total. The molecule has 0 aliphatic heterocycles. The van der Waals surface area contributed by atoms with Crippen molar-refractivity contribution in [2.75, 3.05) is 12.4 Å². The number of anilines is 1. The highest BCUT2D eigenvalue weighted by Crippen LogP contribution is 2.28. The SMILES string of the molecule is COc1ccc(-c2csc(NC(=O)C(NC(=O)c3ccco3)C(C)C)n2)cc1F. The number of amides is 2. The second kappa shape index (κ2) is 8.87. The van der Waals surface area contributed by atoms with Crippen molar-refractivity contribution in [1.29, 1.82) is 0 Å². The zero-order chi connectivity index (χ0) is 21.0. The Hall–Kier alpha value is -3.20. The van der Waals surface area contributed by atoms with E-state index in [1.165, 1.54) is 42.9 Å². The van der Waals surface area contributed by atoms with E-state index in [4.69, 9.17) is 9.15 Å². The highest BCUT2D eigenvalue weighted by atomic mass is 32.1. The van der Waals surface area contributed by atoms with Gasteiger partial charge in [-0.2, -0.15) is 0 Å². The van der Waals surface area contributed by atoms with Crippen LogP contribution in [0.3, 0.4) is 0 Å². The zero-order valence-corrected chi connectivity index (χ0v) is 16.9. The van der Waals surface area contributed by atoms with E-state index in [1.807, 2.05) is 13.8 Å². The summed E-state index contributed by atoms with van der Waals surface area (Å²) in [5, 5.41) is 7.43. The van der Waals surface area contributed by atoms with E-state index >= 15 is 0 Å². The van der Waals surface area contributed by atoms with Crippen molar-refractivity contribution in [2.45, 2.75) is 19.9 Å². The summed E-state index contributed by atoms with van der Waals surface area (Å²) in [6.45, 7) is 3.64. The van der Waals surface area contributed by atoms with Gasteiger partial charge in [-0.1, -0.05) is 13.8 Å². The number of rotatable bonds is 7. The van der Waals surface area contributed by atoms with Crippen molar-refractivity contribution in [3.05, 3.63) is 53.6 Å². The highest BCUT2D eigenvalue weighted by Gasteiger charge is 2.26. The van der Waals surface area contributed by atoms with Crippen molar-refractivity contribution in [2.24, 2.45) is 5.92 Å². The molecule has 1 atom stereocenters. The fourth-order valence-electron chi connectivity index (χ4n) is 2.63. The number of ether oxygens (including phenoxy) is 1. The Morgan fingerprint density at radius 2 is 2.07 bits per heavy atom. The summed E-state index contributed by atoms with van der Waals surface area (Å²) < 4.78 is 23.9. The number of hydrogen-bond acceptors (Lipinski definition) is 6. The van der Waals surface area contributed by atoms with Gasteiger partial charge in [0.15, 0.2) is 22.5 Å². The van der Waals surface area contributed by atoms with Crippen LogP contribution in [-0.4, -0.2) is 29.9 Å². The Kier molecular flexibility index (Phi) is 6.28. The number of furan rings is 1. The van der Waals surface area contributed by atoms with Gasteiger partial charge >= 0.3 is 0 Å². The maximum atomic E-state index is 13.9. The summed E-state index contributed by atoms with van der Waals surface area (Å²) in [7, 11) is 1.39. The molecule has 0 saturated carbocycles. The molecule has 2 amide bonds. The molecule has 0 fully saturated rings. The number of carbonyl (C=O) groups excluding carboxylic acids is 2. The first-order chi connectivity index (χ1) is 13.9. The maximum absolute atomic E-state index is 13.9. The van der Waals surface area contributed by atoms with E-state index in [2.05, 4.69) is 15.6 Å². The summed E-state index contributed by atoms with van der Waals surface area (Å²) in [5.74, 6) is -1.27. The Morgan fingerprint density at radius 3 is 2.69 bits per heavy atom. The summed E-state index contributed by atoms with van der Waals surface area (Å²) in [6.07, 6.45) is 1.39. The third-order valence-corrected chi connectivity index (χ3v) is 4.92. The molecule has 0 radical (unpaired) electrons. The third kappa shape index (κ3) is 4.80. The van der Waals surface area contributed by atoms with E-state index in [0.717, 1.165) is 0 Å². The van der Waals surface area contributed by atoms with Crippen LogP contribution in [0, 0.1) is 11.7 Å². The van der Waals surface area contributed by atoms with Crippen LogP contribution < -0.4 is 15.4 Å². The minimum absolute atomic E-state index is 0.126. The molecule has 29 heavy (non-hydrogen) atoms. The largest absolute Gasteiger partial charge is 0.494 e. The van der Waals surface area contributed by atoms with E-state index in [-0.39, 0.29) is 17.4 Å². The molecule has 1 unspecified atom stereocenters. The lowest BCUT2D eigenvalue weighted by atomic mass is 10.0. The lowest BCUT2D eigenvalue weighted by molar-refractivity contribution is -0.118. The Labute approximate surface area is 170 Å². The molecular weight excluding hydrogens is 397 g/mol. The summed E-state index contributed by atoms with van der Waals surface area (Å²) >= 11 is 1.21. The zero-order valence-electron chi connectivity index (χ0n) is 16.1. The average molecular weight is 417 g/mol. The molecule has 3 aromatic rings. The monoisotopic (exact) mass is 417 g/mol. The van der Waals surface area contributed by atoms with E-state index in [9.17, 15) is 14.0 Å². The van der Waals surface area contributed by atoms with Crippen LogP contribution >= 0.6 is 11.3 Å². The third-order valence-electron chi connectivity index (χ3n) is 4.16. The lowest BCUT2D eigenvalue weighted by Crippen LogP contribution is -2.47. The van der Waals surface area contributed by atoms with E-state index in [0.29, 0.717) is 16.4 Å². The lowest BCUT2D eigenvalue weighted by Gasteiger charge is -2.20. The van der Waals surface area contributed by atoms with Crippen molar-refractivity contribution < 1.29 is 23.1 Å². The number of nitrogens with one attached hydrogen (secondary N) is 2. The smallest absolute Gasteiger partial charge is 0.287 e. The molecule has 9 heteroatoms. The van der Waals surface area contributed by atoms with E-state index in [1.54, 1.807) is 17.5 Å². The van der Waals surface area contributed by atoms with Crippen LogP contribution in [0.5, 0.6) is 5.75 Å². The maximum Gasteiger partial charge on any atom is 0.287 e. The van der Waals surface area contributed by atoms with Crippen molar-refractivity contribution >= 4 is 28.3 Å². The number of thiazole rings is 1. The van der Waals surface area contributed by atoms with Crippen molar-refractivity contribution in [1.82, 2.24) is 10.3 Å². The van der Waals surface area contributed by atoms with Gasteiger partial charge in [-0.3, -0.25) is 9.59 Å².